The van der Waals surface area contributed by atoms with E-state index in [0.29, 0.717) is 19.8 Å². The van der Waals surface area contributed by atoms with E-state index in [0.717, 1.165) is 46.1 Å². The molecule has 0 amide bonds. The van der Waals surface area contributed by atoms with E-state index in [1.54, 1.807) is 0 Å². The van der Waals surface area contributed by atoms with E-state index in [-0.39, 0.29) is 0 Å². The minimum atomic E-state index is 0.552. The first-order valence-corrected chi connectivity index (χ1v) is 9.05. The van der Waals surface area contributed by atoms with Crippen molar-refractivity contribution < 1.29 is 9.47 Å². The molecule has 0 atom stereocenters. The highest BCUT2D eigenvalue weighted by atomic mass is 16.5. The molecule has 3 rings (SSSR count). The average Bonchev–Trinajstić information content (AvgIpc) is 3.03. The van der Waals surface area contributed by atoms with Crippen molar-refractivity contribution in [2.24, 2.45) is 0 Å². The summed E-state index contributed by atoms with van der Waals surface area (Å²) in [4.78, 5) is 12.3. The third-order valence-corrected chi connectivity index (χ3v) is 4.23. The molecule has 6 heteroatoms. The molecule has 3 aromatic rings. The molecule has 26 heavy (non-hydrogen) atoms. The highest BCUT2D eigenvalue weighted by Crippen LogP contribution is 2.29. The van der Waals surface area contributed by atoms with Gasteiger partial charge in [-0.3, -0.25) is 0 Å². The van der Waals surface area contributed by atoms with Gasteiger partial charge in [0, 0.05) is 18.5 Å². The smallest absolute Gasteiger partial charge is 0.143 e. The van der Waals surface area contributed by atoms with Crippen LogP contribution < -0.4 is 10.1 Å². The lowest BCUT2D eigenvalue weighted by molar-refractivity contribution is 0.110. The minimum absolute atomic E-state index is 0.552. The van der Waals surface area contributed by atoms with Gasteiger partial charge in [-0.05, 0) is 56.5 Å². The Morgan fingerprint density at radius 1 is 1.12 bits per heavy atom. The summed E-state index contributed by atoms with van der Waals surface area (Å²) in [7, 11) is 0. The van der Waals surface area contributed by atoms with E-state index in [1.807, 2.05) is 39.1 Å². The third kappa shape index (κ3) is 3.96. The Kier molecular flexibility index (Phi) is 5.73. The molecule has 2 N–H and O–H groups in total. The molecule has 0 fully saturated rings. The van der Waals surface area contributed by atoms with Crippen LogP contribution in [0.15, 0.2) is 24.4 Å². The molecule has 0 aliphatic carbocycles. The predicted molar refractivity (Wildman–Crippen MR) is 104 cm³/mol. The average molecular weight is 354 g/mol. The maximum absolute atomic E-state index is 5.77. The van der Waals surface area contributed by atoms with Gasteiger partial charge < -0.3 is 19.8 Å². The van der Waals surface area contributed by atoms with Crippen molar-refractivity contribution in [3.05, 3.63) is 41.3 Å². The van der Waals surface area contributed by atoms with Crippen LogP contribution >= 0.6 is 0 Å². The number of nitrogens with one attached hydrogen (secondary N) is 2. The number of aromatic amines is 1. The Balaban J connectivity index is 1.82. The van der Waals surface area contributed by atoms with Gasteiger partial charge in [0.15, 0.2) is 0 Å². The Labute approximate surface area is 154 Å². The van der Waals surface area contributed by atoms with Crippen molar-refractivity contribution in [2.45, 2.75) is 34.1 Å². The van der Waals surface area contributed by atoms with Crippen molar-refractivity contribution >= 4 is 22.5 Å². The van der Waals surface area contributed by atoms with Crippen LogP contribution in [-0.2, 0) is 11.2 Å². The van der Waals surface area contributed by atoms with Crippen LogP contribution in [0.4, 0.5) is 11.5 Å². The monoisotopic (exact) mass is 354 g/mol. The fourth-order valence-corrected chi connectivity index (χ4v) is 2.96. The molecule has 0 saturated heterocycles. The zero-order chi connectivity index (χ0) is 18.5. The number of rotatable bonds is 8. The quantitative estimate of drug-likeness (QED) is 0.590. The van der Waals surface area contributed by atoms with Crippen molar-refractivity contribution in [3.63, 3.8) is 0 Å². The molecular weight excluding hydrogens is 328 g/mol. The fourth-order valence-electron chi connectivity index (χ4n) is 2.96. The van der Waals surface area contributed by atoms with Gasteiger partial charge in [0.05, 0.1) is 12.0 Å². The van der Waals surface area contributed by atoms with E-state index in [1.165, 1.54) is 5.56 Å². The first-order chi connectivity index (χ1) is 12.6. The molecule has 1 aromatic carbocycles. The molecule has 138 valence electrons. The minimum Gasteiger partial charge on any atom is -0.491 e. The molecule has 0 unspecified atom stereocenters. The summed E-state index contributed by atoms with van der Waals surface area (Å²) in [5.41, 5.74) is 4.11. The van der Waals surface area contributed by atoms with E-state index in [4.69, 9.17) is 9.47 Å². The van der Waals surface area contributed by atoms with Crippen LogP contribution in [0, 0.1) is 13.8 Å². The van der Waals surface area contributed by atoms with Crippen LogP contribution in [-0.4, -0.2) is 34.8 Å². The van der Waals surface area contributed by atoms with Crippen molar-refractivity contribution in [3.8, 4) is 5.75 Å². The fraction of sp³-hybridized carbons (Fsp3) is 0.400. The van der Waals surface area contributed by atoms with E-state index < -0.39 is 0 Å². The highest BCUT2D eigenvalue weighted by Gasteiger charge is 2.12. The number of aromatic nitrogens is 3. The van der Waals surface area contributed by atoms with Crippen LogP contribution in [0.2, 0.25) is 0 Å². The standard InChI is InChI=1S/C20H26N4O2/c1-5-15-12-21-19-18(15)20(23-14(4)22-19)24-16-7-8-17(13(3)11-16)26-10-9-25-6-2/h7-8,11-12H,5-6,9-10H2,1-4H3,(H2,21,22,23,24). The molecule has 0 radical (unpaired) electrons. The normalized spacial score (nSPS) is 11.1. The lowest BCUT2D eigenvalue weighted by Crippen LogP contribution is -2.07. The Morgan fingerprint density at radius 2 is 1.96 bits per heavy atom. The lowest BCUT2D eigenvalue weighted by Gasteiger charge is -2.13. The van der Waals surface area contributed by atoms with Gasteiger partial charge in [0.2, 0.25) is 0 Å². The SMILES string of the molecule is CCOCCOc1ccc(Nc2nc(C)nc3[nH]cc(CC)c23)cc1C. The number of aryl methyl sites for hydroxylation is 3. The van der Waals surface area contributed by atoms with Gasteiger partial charge >= 0.3 is 0 Å². The van der Waals surface area contributed by atoms with E-state index in [9.17, 15) is 0 Å². The van der Waals surface area contributed by atoms with Gasteiger partial charge in [-0.1, -0.05) is 6.92 Å². The van der Waals surface area contributed by atoms with Crippen LogP contribution in [0.25, 0.3) is 11.0 Å². The summed E-state index contributed by atoms with van der Waals surface area (Å²) in [6, 6.07) is 6.05. The zero-order valence-electron chi connectivity index (χ0n) is 15.8. The summed E-state index contributed by atoms with van der Waals surface area (Å²) in [6.45, 7) is 9.90. The molecule has 6 nitrogen and oxygen atoms in total. The number of fused-ring (bicyclic) bond motifs is 1. The second-order valence-corrected chi connectivity index (χ2v) is 6.16. The van der Waals surface area contributed by atoms with Gasteiger partial charge in [-0.15, -0.1) is 0 Å². The second kappa shape index (κ2) is 8.19. The van der Waals surface area contributed by atoms with Crippen molar-refractivity contribution in [2.75, 3.05) is 25.1 Å². The largest absolute Gasteiger partial charge is 0.491 e. The number of benzene rings is 1. The molecule has 0 aliphatic rings. The number of H-pyrrole nitrogens is 1. The van der Waals surface area contributed by atoms with Crippen molar-refractivity contribution in [1.82, 2.24) is 15.0 Å². The summed E-state index contributed by atoms with van der Waals surface area (Å²) in [5.74, 6) is 2.43. The lowest BCUT2D eigenvalue weighted by atomic mass is 10.1. The Morgan fingerprint density at radius 3 is 2.69 bits per heavy atom. The van der Waals surface area contributed by atoms with Gasteiger partial charge in [0.25, 0.3) is 0 Å². The zero-order valence-corrected chi connectivity index (χ0v) is 15.8. The third-order valence-electron chi connectivity index (χ3n) is 4.23. The number of hydrogen-bond acceptors (Lipinski definition) is 5. The topological polar surface area (TPSA) is 72.1 Å². The summed E-state index contributed by atoms with van der Waals surface area (Å²) < 4.78 is 11.1. The molecular formula is C20H26N4O2. The van der Waals surface area contributed by atoms with Crippen molar-refractivity contribution in [1.29, 1.82) is 0 Å². The molecule has 2 aromatic heterocycles. The number of nitrogens with zero attached hydrogens (tertiary/aromatic N) is 2. The molecule has 0 saturated carbocycles. The van der Waals surface area contributed by atoms with E-state index >= 15 is 0 Å². The Hall–Kier alpha value is -2.60. The highest BCUT2D eigenvalue weighted by molar-refractivity contribution is 5.92. The molecule has 0 aliphatic heterocycles. The van der Waals surface area contributed by atoms with Crippen LogP contribution in [0.1, 0.15) is 30.8 Å². The van der Waals surface area contributed by atoms with Gasteiger partial charge in [-0.2, -0.15) is 0 Å². The van der Waals surface area contributed by atoms with Gasteiger partial charge in [-0.25, -0.2) is 9.97 Å². The summed E-state index contributed by atoms with van der Waals surface area (Å²) in [5, 5.41) is 4.49. The summed E-state index contributed by atoms with van der Waals surface area (Å²) in [6.07, 6.45) is 2.93. The molecule has 0 bridgehead atoms. The molecule has 2 heterocycles. The van der Waals surface area contributed by atoms with Gasteiger partial charge in [0.1, 0.15) is 29.6 Å². The first-order valence-electron chi connectivity index (χ1n) is 9.05. The number of anilines is 2. The van der Waals surface area contributed by atoms with Crippen LogP contribution in [0.5, 0.6) is 5.75 Å². The number of hydrogen-bond donors (Lipinski definition) is 2. The molecule has 0 spiro atoms. The Bertz CT molecular complexity index is 889. The van der Waals surface area contributed by atoms with E-state index in [2.05, 4.69) is 33.3 Å². The number of ether oxygens (including phenoxy) is 2. The maximum atomic E-state index is 5.77. The van der Waals surface area contributed by atoms with Crippen LogP contribution in [0.3, 0.4) is 0 Å². The first kappa shape index (κ1) is 18.2. The maximum Gasteiger partial charge on any atom is 0.143 e. The summed E-state index contributed by atoms with van der Waals surface area (Å²) >= 11 is 0. The second-order valence-electron chi connectivity index (χ2n) is 6.16. The predicted octanol–water partition coefficient (Wildman–Crippen LogP) is 4.30.